The highest BCUT2D eigenvalue weighted by Crippen LogP contribution is 2.36. The number of para-hydroxylation sites is 2. The largest absolute Gasteiger partial charge is 0.377 e. The summed E-state index contributed by atoms with van der Waals surface area (Å²) in [5.74, 6) is 0.215. The van der Waals surface area contributed by atoms with Gasteiger partial charge in [0.2, 0.25) is 0 Å². The summed E-state index contributed by atoms with van der Waals surface area (Å²) in [6.45, 7) is 3.07. The lowest BCUT2D eigenvalue weighted by Gasteiger charge is -2.26. The molecule has 1 N–H and O–H groups in total. The predicted octanol–water partition coefficient (Wildman–Crippen LogP) is 4.40. The number of aromatic nitrogens is 1. The fourth-order valence-electron chi connectivity index (χ4n) is 3.39. The summed E-state index contributed by atoms with van der Waals surface area (Å²) >= 11 is 0. The van der Waals surface area contributed by atoms with Crippen LogP contribution in [0.15, 0.2) is 54.7 Å². The molecule has 0 saturated carbocycles. The molecule has 0 radical (unpaired) electrons. The highest BCUT2D eigenvalue weighted by Gasteiger charge is 2.27. The molecule has 3 nitrogen and oxygen atoms in total. The Morgan fingerprint density at radius 2 is 1.91 bits per heavy atom. The first-order valence-corrected chi connectivity index (χ1v) is 7.74. The maximum Gasteiger partial charge on any atom is 0.167 e. The number of aryl methyl sites for hydroxylation is 1. The molecule has 1 atom stereocenters. The van der Waals surface area contributed by atoms with Crippen LogP contribution in [0, 0.1) is 0 Å². The normalized spacial score (nSPS) is 17.3. The standard InChI is InChI=1S/C19H18N2O/c1-2-21-12-15(13-7-4-6-10-18(13)21)17-11-19(22)14-8-3-5-9-16(14)20-17/h3-10,12,17,20H,2,11H2,1H3. The second kappa shape index (κ2) is 5.02. The number of nitrogens with zero attached hydrogens (tertiary/aromatic N) is 1. The van der Waals surface area contributed by atoms with Gasteiger partial charge in [0.15, 0.2) is 5.78 Å². The van der Waals surface area contributed by atoms with Gasteiger partial charge in [0, 0.05) is 46.9 Å². The molecule has 110 valence electrons. The fourth-order valence-corrected chi connectivity index (χ4v) is 3.39. The lowest BCUT2D eigenvalue weighted by atomic mass is 9.92. The predicted molar refractivity (Wildman–Crippen MR) is 89.4 cm³/mol. The van der Waals surface area contributed by atoms with Crippen LogP contribution in [0.2, 0.25) is 0 Å². The molecule has 1 aliphatic rings. The van der Waals surface area contributed by atoms with Crippen molar-refractivity contribution in [2.75, 3.05) is 5.32 Å². The lowest BCUT2D eigenvalue weighted by Crippen LogP contribution is -2.22. The van der Waals surface area contributed by atoms with Gasteiger partial charge in [0.1, 0.15) is 0 Å². The monoisotopic (exact) mass is 290 g/mol. The number of carbonyl (C=O) groups is 1. The van der Waals surface area contributed by atoms with Crippen LogP contribution in [0.4, 0.5) is 5.69 Å². The Morgan fingerprint density at radius 3 is 2.77 bits per heavy atom. The molecule has 3 heteroatoms. The van der Waals surface area contributed by atoms with Gasteiger partial charge in [-0.25, -0.2) is 0 Å². The molecule has 0 fully saturated rings. The van der Waals surface area contributed by atoms with Gasteiger partial charge >= 0.3 is 0 Å². The number of Topliss-reactive ketones (excluding diaryl/α,β-unsaturated/α-hetero) is 1. The van der Waals surface area contributed by atoms with E-state index in [4.69, 9.17) is 0 Å². The van der Waals surface area contributed by atoms with Crippen molar-refractivity contribution in [1.29, 1.82) is 0 Å². The minimum Gasteiger partial charge on any atom is -0.377 e. The molecule has 0 bridgehead atoms. The van der Waals surface area contributed by atoms with Crippen molar-refractivity contribution < 1.29 is 4.79 Å². The van der Waals surface area contributed by atoms with Gasteiger partial charge in [-0.15, -0.1) is 0 Å². The molecule has 0 aliphatic carbocycles. The zero-order chi connectivity index (χ0) is 15.1. The quantitative estimate of drug-likeness (QED) is 0.759. The van der Waals surface area contributed by atoms with Crippen LogP contribution >= 0.6 is 0 Å². The number of ketones is 1. The van der Waals surface area contributed by atoms with E-state index in [0.29, 0.717) is 6.42 Å². The first-order valence-electron chi connectivity index (χ1n) is 7.74. The zero-order valence-corrected chi connectivity index (χ0v) is 12.5. The van der Waals surface area contributed by atoms with Crippen molar-refractivity contribution in [3.8, 4) is 0 Å². The van der Waals surface area contributed by atoms with Crippen LogP contribution in [-0.2, 0) is 6.54 Å². The average molecular weight is 290 g/mol. The number of hydrogen-bond donors (Lipinski definition) is 1. The van der Waals surface area contributed by atoms with E-state index < -0.39 is 0 Å². The Kier molecular flexibility index (Phi) is 3.00. The molecule has 1 aromatic heterocycles. The zero-order valence-electron chi connectivity index (χ0n) is 12.5. The van der Waals surface area contributed by atoms with Crippen molar-refractivity contribution >= 4 is 22.4 Å². The molecule has 2 aromatic carbocycles. The number of rotatable bonds is 2. The van der Waals surface area contributed by atoms with Crippen molar-refractivity contribution in [3.05, 3.63) is 65.9 Å². The summed E-state index contributed by atoms with van der Waals surface area (Å²) in [6, 6.07) is 16.2. The number of anilines is 1. The molecule has 2 heterocycles. The van der Waals surface area contributed by atoms with Gasteiger partial charge in [-0.1, -0.05) is 30.3 Å². The number of carbonyl (C=O) groups excluding carboxylic acids is 1. The summed E-state index contributed by atoms with van der Waals surface area (Å²) in [5.41, 5.74) is 4.18. The molecule has 0 amide bonds. The highest BCUT2D eigenvalue weighted by atomic mass is 16.1. The Hall–Kier alpha value is -2.55. The molecule has 22 heavy (non-hydrogen) atoms. The summed E-state index contributed by atoms with van der Waals surface area (Å²) in [6.07, 6.45) is 2.69. The second-order valence-corrected chi connectivity index (χ2v) is 5.76. The molecule has 4 rings (SSSR count). The number of hydrogen-bond acceptors (Lipinski definition) is 2. The first-order chi connectivity index (χ1) is 10.8. The molecular weight excluding hydrogens is 272 g/mol. The third-order valence-corrected chi connectivity index (χ3v) is 4.48. The van der Waals surface area contributed by atoms with Crippen LogP contribution in [0.25, 0.3) is 10.9 Å². The van der Waals surface area contributed by atoms with Crippen molar-refractivity contribution in [2.45, 2.75) is 25.9 Å². The van der Waals surface area contributed by atoms with Gasteiger partial charge in [-0.3, -0.25) is 4.79 Å². The van der Waals surface area contributed by atoms with E-state index in [1.807, 2.05) is 24.3 Å². The van der Waals surface area contributed by atoms with E-state index in [-0.39, 0.29) is 11.8 Å². The highest BCUT2D eigenvalue weighted by molar-refractivity contribution is 6.04. The van der Waals surface area contributed by atoms with E-state index in [2.05, 4.69) is 47.3 Å². The van der Waals surface area contributed by atoms with Gasteiger partial charge in [0.25, 0.3) is 0 Å². The minimum atomic E-state index is 0.0418. The van der Waals surface area contributed by atoms with E-state index in [9.17, 15) is 4.79 Å². The van der Waals surface area contributed by atoms with Crippen LogP contribution in [0.5, 0.6) is 0 Å². The Labute approximate surface area is 129 Å². The second-order valence-electron chi connectivity index (χ2n) is 5.76. The minimum absolute atomic E-state index is 0.0418. The van der Waals surface area contributed by atoms with E-state index >= 15 is 0 Å². The van der Waals surface area contributed by atoms with Crippen molar-refractivity contribution in [1.82, 2.24) is 4.57 Å². The van der Waals surface area contributed by atoms with Crippen LogP contribution < -0.4 is 5.32 Å². The van der Waals surface area contributed by atoms with Gasteiger partial charge < -0.3 is 9.88 Å². The van der Waals surface area contributed by atoms with E-state index in [1.54, 1.807) is 0 Å². The van der Waals surface area contributed by atoms with Crippen molar-refractivity contribution in [3.63, 3.8) is 0 Å². The maximum absolute atomic E-state index is 12.4. The Bertz CT molecular complexity index is 863. The van der Waals surface area contributed by atoms with E-state index in [0.717, 1.165) is 17.8 Å². The first kappa shape index (κ1) is 13.1. The van der Waals surface area contributed by atoms with Crippen molar-refractivity contribution in [2.24, 2.45) is 0 Å². The summed E-state index contributed by atoms with van der Waals surface area (Å²) in [7, 11) is 0. The number of nitrogens with one attached hydrogen (secondary N) is 1. The molecule has 1 unspecified atom stereocenters. The lowest BCUT2D eigenvalue weighted by molar-refractivity contribution is 0.0972. The SMILES string of the molecule is CCn1cc(C2CC(=O)c3ccccc3N2)c2ccccc21. The van der Waals surface area contributed by atoms with E-state index in [1.165, 1.54) is 16.5 Å². The Morgan fingerprint density at radius 1 is 1.14 bits per heavy atom. The van der Waals surface area contributed by atoms with Crippen LogP contribution in [0.3, 0.4) is 0 Å². The van der Waals surface area contributed by atoms with Crippen LogP contribution in [-0.4, -0.2) is 10.4 Å². The third kappa shape index (κ3) is 1.93. The topological polar surface area (TPSA) is 34.0 Å². The molecular formula is C19H18N2O. The molecule has 1 aliphatic heterocycles. The Balaban J connectivity index is 1.82. The van der Waals surface area contributed by atoms with Gasteiger partial charge in [-0.05, 0) is 25.1 Å². The summed E-state index contributed by atoms with van der Waals surface area (Å²) in [5, 5.41) is 4.77. The summed E-state index contributed by atoms with van der Waals surface area (Å²) in [4.78, 5) is 12.4. The average Bonchev–Trinajstić information content (AvgIpc) is 2.94. The van der Waals surface area contributed by atoms with Crippen LogP contribution in [0.1, 0.15) is 35.3 Å². The van der Waals surface area contributed by atoms with Gasteiger partial charge in [-0.2, -0.15) is 0 Å². The molecule has 3 aromatic rings. The number of fused-ring (bicyclic) bond motifs is 2. The maximum atomic E-state index is 12.4. The third-order valence-electron chi connectivity index (χ3n) is 4.48. The summed E-state index contributed by atoms with van der Waals surface area (Å²) < 4.78 is 2.25. The number of benzene rings is 2. The molecule has 0 saturated heterocycles. The fraction of sp³-hybridized carbons (Fsp3) is 0.211. The smallest absolute Gasteiger partial charge is 0.167 e. The molecule has 0 spiro atoms. The van der Waals surface area contributed by atoms with Gasteiger partial charge in [0.05, 0.1) is 6.04 Å².